The minimum atomic E-state index is -0.534. The number of rotatable bonds is 5. The number of benzene rings is 2. The molecule has 2 N–H and O–H groups in total. The van der Waals surface area contributed by atoms with E-state index in [0.29, 0.717) is 12.2 Å². The summed E-state index contributed by atoms with van der Waals surface area (Å²) in [6, 6.07) is 15.4. The third-order valence-corrected chi connectivity index (χ3v) is 3.14. The van der Waals surface area contributed by atoms with Crippen molar-refractivity contribution < 1.29 is 24.0 Å². The average molecular weight is 375 g/mol. The highest BCUT2D eigenvalue weighted by Crippen LogP contribution is 2.12. The number of nitrogens with zero attached hydrogens (tertiary/aromatic N) is 1. The maximum atomic E-state index is 10.7. The number of carbonyl (C=O) groups excluding carboxylic acids is 2. The van der Waals surface area contributed by atoms with E-state index in [1.54, 1.807) is 12.1 Å². The number of nitrogens with one attached hydrogen (secondary N) is 2. The van der Waals surface area contributed by atoms with E-state index in [1.807, 2.05) is 30.3 Å². The lowest BCUT2D eigenvalue weighted by atomic mass is 10.2. The van der Waals surface area contributed by atoms with Gasteiger partial charge in [0.2, 0.25) is 0 Å². The van der Waals surface area contributed by atoms with Crippen LogP contribution in [0.4, 0.5) is 15.3 Å². The van der Waals surface area contributed by atoms with Gasteiger partial charge in [0.05, 0.1) is 4.92 Å². The Morgan fingerprint density at radius 1 is 0.852 bits per heavy atom. The minimum Gasteiger partial charge on any atom is -0.445 e. The highest BCUT2D eigenvalue weighted by atomic mass is 16.6. The number of nitro groups is 1. The van der Waals surface area contributed by atoms with E-state index < -0.39 is 17.1 Å². The van der Waals surface area contributed by atoms with Gasteiger partial charge >= 0.3 is 12.2 Å². The lowest BCUT2D eigenvalue weighted by Crippen LogP contribution is -2.18. The Morgan fingerprint density at radius 3 is 1.70 bits per heavy atom. The van der Waals surface area contributed by atoms with Crippen molar-refractivity contribution in [1.29, 1.82) is 0 Å². The summed E-state index contributed by atoms with van der Waals surface area (Å²) in [6.07, 6.45) is -0.938. The second-order valence-corrected chi connectivity index (χ2v) is 5.06. The van der Waals surface area contributed by atoms with E-state index in [0.717, 1.165) is 5.56 Å². The number of carbonyl (C=O) groups is 2. The average Bonchev–Trinajstić information content (AvgIpc) is 2.71. The molecule has 0 radical (unpaired) electrons. The molecule has 0 aromatic heterocycles. The normalized spacial score (nSPS) is 9.26. The van der Waals surface area contributed by atoms with Gasteiger partial charge in [-0.2, -0.15) is 0 Å². The molecule has 0 heterocycles. The van der Waals surface area contributed by atoms with Crippen molar-refractivity contribution in [2.45, 2.75) is 13.2 Å². The zero-order valence-electron chi connectivity index (χ0n) is 15.0. The predicted molar refractivity (Wildman–Crippen MR) is 98.0 cm³/mol. The number of hydrogen-bond acceptors (Lipinski definition) is 6. The highest BCUT2D eigenvalue weighted by Gasteiger charge is 2.05. The smallest absolute Gasteiger partial charge is 0.407 e. The highest BCUT2D eigenvalue weighted by molar-refractivity contribution is 5.66. The Labute approximate surface area is 156 Å². The monoisotopic (exact) mass is 375 g/mol. The fourth-order valence-electron chi connectivity index (χ4n) is 1.73. The van der Waals surface area contributed by atoms with Gasteiger partial charge in [0, 0.05) is 26.2 Å². The maximum Gasteiger partial charge on any atom is 0.407 e. The van der Waals surface area contributed by atoms with Crippen molar-refractivity contribution in [2.24, 2.45) is 0 Å². The van der Waals surface area contributed by atoms with Crippen molar-refractivity contribution in [3.8, 4) is 0 Å². The third kappa shape index (κ3) is 8.87. The molecule has 27 heavy (non-hydrogen) atoms. The minimum absolute atomic E-state index is 0.0127. The molecule has 0 saturated heterocycles. The summed E-state index contributed by atoms with van der Waals surface area (Å²) in [4.78, 5) is 31.2. The summed E-state index contributed by atoms with van der Waals surface area (Å²) in [7, 11) is 2.99. The largest absolute Gasteiger partial charge is 0.445 e. The van der Waals surface area contributed by atoms with Gasteiger partial charge in [0.15, 0.2) is 0 Å². The molecular weight excluding hydrogens is 354 g/mol. The quantitative estimate of drug-likeness (QED) is 0.612. The molecule has 2 aromatic carbocycles. The lowest BCUT2D eigenvalue weighted by molar-refractivity contribution is -0.384. The van der Waals surface area contributed by atoms with Gasteiger partial charge in [0.1, 0.15) is 13.2 Å². The Morgan fingerprint density at radius 2 is 1.30 bits per heavy atom. The van der Waals surface area contributed by atoms with Crippen LogP contribution in [0, 0.1) is 10.1 Å². The summed E-state index contributed by atoms with van der Waals surface area (Å²) in [5, 5.41) is 15.0. The first-order valence-corrected chi connectivity index (χ1v) is 7.92. The molecule has 144 valence electrons. The summed E-state index contributed by atoms with van der Waals surface area (Å²) in [5.74, 6) is 0. The van der Waals surface area contributed by atoms with Gasteiger partial charge in [0.25, 0.3) is 5.69 Å². The zero-order chi connectivity index (χ0) is 20.1. The predicted octanol–water partition coefficient (Wildman–Crippen LogP) is 2.99. The standard InChI is InChI=1S/C9H10N2O4.C9H11NO2/c1-10-9(12)15-6-7-2-4-8(5-3-7)11(13)14;1-10-9(11)12-7-8-5-3-2-4-6-8/h2-5H,6H2,1H3,(H,10,12);2-6H,7H2,1H3,(H,10,11). The maximum absolute atomic E-state index is 10.7. The van der Waals surface area contributed by atoms with E-state index in [4.69, 9.17) is 9.47 Å². The zero-order valence-corrected chi connectivity index (χ0v) is 15.0. The van der Waals surface area contributed by atoms with Crippen LogP contribution in [-0.4, -0.2) is 31.2 Å². The molecule has 0 unspecified atom stereocenters. The molecule has 0 bridgehead atoms. The second-order valence-electron chi connectivity index (χ2n) is 5.06. The Hall–Kier alpha value is -3.62. The van der Waals surface area contributed by atoms with E-state index in [-0.39, 0.29) is 12.3 Å². The Kier molecular flexibility index (Phi) is 9.40. The second kappa shape index (κ2) is 11.9. The molecule has 0 aliphatic rings. The van der Waals surface area contributed by atoms with Crippen LogP contribution in [0.25, 0.3) is 0 Å². The number of non-ortho nitro benzene ring substituents is 1. The third-order valence-electron chi connectivity index (χ3n) is 3.14. The van der Waals surface area contributed by atoms with E-state index in [1.165, 1.54) is 26.2 Å². The first kappa shape index (κ1) is 21.4. The van der Waals surface area contributed by atoms with Gasteiger partial charge < -0.3 is 20.1 Å². The van der Waals surface area contributed by atoms with Crippen LogP contribution in [0.2, 0.25) is 0 Å². The lowest BCUT2D eigenvalue weighted by Gasteiger charge is -2.03. The SMILES string of the molecule is CNC(=O)OCc1ccc([N+](=O)[O-])cc1.CNC(=O)OCc1ccccc1. The van der Waals surface area contributed by atoms with Crippen molar-refractivity contribution in [2.75, 3.05) is 14.1 Å². The van der Waals surface area contributed by atoms with Crippen molar-refractivity contribution in [3.63, 3.8) is 0 Å². The Balaban J connectivity index is 0.000000277. The summed E-state index contributed by atoms with van der Waals surface area (Å²) < 4.78 is 9.58. The first-order chi connectivity index (χ1) is 13.0. The van der Waals surface area contributed by atoms with Crippen LogP contribution < -0.4 is 10.6 Å². The number of hydrogen-bond donors (Lipinski definition) is 2. The molecule has 2 aromatic rings. The van der Waals surface area contributed by atoms with Gasteiger partial charge in [-0.25, -0.2) is 9.59 Å². The molecule has 0 atom stereocenters. The molecule has 0 aliphatic heterocycles. The van der Waals surface area contributed by atoms with Crippen LogP contribution in [0.15, 0.2) is 54.6 Å². The Bertz CT molecular complexity index is 735. The van der Waals surface area contributed by atoms with E-state index in [9.17, 15) is 19.7 Å². The van der Waals surface area contributed by atoms with Gasteiger partial charge in [-0.1, -0.05) is 30.3 Å². The van der Waals surface area contributed by atoms with Crippen molar-refractivity contribution >= 4 is 17.9 Å². The topological polar surface area (TPSA) is 120 Å². The summed E-state index contributed by atoms with van der Waals surface area (Å²) >= 11 is 0. The van der Waals surface area contributed by atoms with E-state index >= 15 is 0 Å². The molecule has 0 saturated carbocycles. The molecule has 0 aliphatic carbocycles. The van der Waals surface area contributed by atoms with Gasteiger partial charge in [-0.15, -0.1) is 0 Å². The van der Waals surface area contributed by atoms with Gasteiger partial charge in [-0.05, 0) is 23.3 Å². The molecule has 0 spiro atoms. The van der Waals surface area contributed by atoms with Gasteiger partial charge in [-0.3, -0.25) is 10.1 Å². The van der Waals surface area contributed by atoms with Crippen LogP contribution in [-0.2, 0) is 22.7 Å². The number of nitro benzene ring substituents is 1. The molecule has 9 nitrogen and oxygen atoms in total. The molecular formula is C18H21N3O6. The number of alkyl carbamates (subject to hydrolysis) is 2. The summed E-state index contributed by atoms with van der Waals surface area (Å²) in [5.41, 5.74) is 1.70. The molecule has 9 heteroatoms. The van der Waals surface area contributed by atoms with E-state index in [2.05, 4.69) is 10.6 Å². The molecule has 0 fully saturated rings. The van der Waals surface area contributed by atoms with Crippen LogP contribution >= 0.6 is 0 Å². The number of amides is 2. The summed E-state index contributed by atoms with van der Waals surface area (Å²) in [6.45, 7) is 0.415. The fourth-order valence-corrected chi connectivity index (χ4v) is 1.73. The molecule has 2 rings (SSSR count). The van der Waals surface area contributed by atoms with Crippen molar-refractivity contribution in [1.82, 2.24) is 10.6 Å². The number of ether oxygens (including phenoxy) is 2. The fraction of sp³-hybridized carbons (Fsp3) is 0.222. The van der Waals surface area contributed by atoms with Crippen molar-refractivity contribution in [3.05, 3.63) is 75.8 Å². The van der Waals surface area contributed by atoms with Crippen LogP contribution in [0.3, 0.4) is 0 Å². The first-order valence-electron chi connectivity index (χ1n) is 7.92. The van der Waals surface area contributed by atoms with Crippen LogP contribution in [0.5, 0.6) is 0 Å². The van der Waals surface area contributed by atoms with Crippen LogP contribution in [0.1, 0.15) is 11.1 Å². The molecule has 2 amide bonds.